The predicted molar refractivity (Wildman–Crippen MR) is 128 cm³/mol. The van der Waals surface area contributed by atoms with Crippen LogP contribution in [-0.4, -0.2) is 51.3 Å². The molecule has 0 unspecified atom stereocenters. The van der Waals surface area contributed by atoms with E-state index in [1.165, 1.54) is 22.0 Å². The Morgan fingerprint density at radius 1 is 1.18 bits per heavy atom. The van der Waals surface area contributed by atoms with E-state index in [1.54, 1.807) is 6.92 Å². The van der Waals surface area contributed by atoms with E-state index in [-0.39, 0.29) is 29.7 Å². The van der Waals surface area contributed by atoms with Crippen molar-refractivity contribution in [2.24, 2.45) is 4.99 Å². The summed E-state index contributed by atoms with van der Waals surface area (Å²) in [6.45, 7) is 8.27. The SMILES string of the molecule is CCNC(=NCCCNS(=O)(=O)CC)NCCc1c[nH]c2cc(C)ccc12.I. The van der Waals surface area contributed by atoms with Crippen LogP contribution in [0.2, 0.25) is 0 Å². The van der Waals surface area contributed by atoms with Gasteiger partial charge in [0.05, 0.1) is 5.75 Å². The van der Waals surface area contributed by atoms with Crippen molar-refractivity contribution in [1.82, 2.24) is 20.3 Å². The van der Waals surface area contributed by atoms with Gasteiger partial charge in [0.2, 0.25) is 10.0 Å². The summed E-state index contributed by atoms with van der Waals surface area (Å²) < 4.78 is 25.3. The number of aliphatic imine (C=N–C) groups is 1. The Morgan fingerprint density at radius 2 is 1.96 bits per heavy atom. The third-order valence-corrected chi connectivity index (χ3v) is 5.66. The Kier molecular flexibility index (Phi) is 10.8. The van der Waals surface area contributed by atoms with Crippen LogP contribution in [0.1, 0.15) is 31.4 Å². The Hall–Kier alpha value is -1.33. The molecule has 0 saturated heterocycles. The Labute approximate surface area is 185 Å². The van der Waals surface area contributed by atoms with Gasteiger partial charge < -0.3 is 15.6 Å². The van der Waals surface area contributed by atoms with E-state index in [0.29, 0.717) is 19.5 Å². The molecule has 0 aliphatic rings. The minimum absolute atomic E-state index is 0. The second kappa shape index (κ2) is 12.3. The van der Waals surface area contributed by atoms with Crippen LogP contribution >= 0.6 is 24.0 Å². The summed E-state index contributed by atoms with van der Waals surface area (Å²) in [4.78, 5) is 7.83. The van der Waals surface area contributed by atoms with Gasteiger partial charge in [-0.15, -0.1) is 24.0 Å². The summed E-state index contributed by atoms with van der Waals surface area (Å²) in [5.41, 5.74) is 3.69. The van der Waals surface area contributed by atoms with Crippen molar-refractivity contribution in [2.45, 2.75) is 33.6 Å². The summed E-state index contributed by atoms with van der Waals surface area (Å²) in [6.07, 6.45) is 3.62. The van der Waals surface area contributed by atoms with Gasteiger partial charge in [-0.25, -0.2) is 13.1 Å². The van der Waals surface area contributed by atoms with Gasteiger partial charge in [0.15, 0.2) is 5.96 Å². The lowest BCUT2D eigenvalue weighted by Crippen LogP contribution is -2.38. The Morgan fingerprint density at radius 3 is 2.68 bits per heavy atom. The fourth-order valence-corrected chi connectivity index (χ4v) is 3.42. The smallest absolute Gasteiger partial charge is 0.211 e. The van der Waals surface area contributed by atoms with Crippen LogP contribution in [0.15, 0.2) is 29.4 Å². The van der Waals surface area contributed by atoms with E-state index in [4.69, 9.17) is 0 Å². The number of nitrogens with one attached hydrogen (secondary N) is 4. The molecule has 0 amide bonds. The molecule has 2 aromatic rings. The number of benzene rings is 1. The topological polar surface area (TPSA) is 98.4 Å². The van der Waals surface area contributed by atoms with E-state index in [9.17, 15) is 8.42 Å². The van der Waals surface area contributed by atoms with Crippen LogP contribution in [0, 0.1) is 6.92 Å². The van der Waals surface area contributed by atoms with E-state index >= 15 is 0 Å². The molecular weight excluding hydrogens is 489 g/mol. The minimum atomic E-state index is -3.12. The molecule has 7 nitrogen and oxygen atoms in total. The summed E-state index contributed by atoms with van der Waals surface area (Å²) in [7, 11) is -3.12. The van der Waals surface area contributed by atoms with E-state index in [2.05, 4.69) is 56.7 Å². The molecule has 158 valence electrons. The summed E-state index contributed by atoms with van der Waals surface area (Å²) in [6, 6.07) is 6.45. The predicted octanol–water partition coefficient (Wildman–Crippen LogP) is 2.52. The lowest BCUT2D eigenvalue weighted by Gasteiger charge is -2.11. The third-order valence-electron chi connectivity index (χ3n) is 4.26. The van der Waals surface area contributed by atoms with Gasteiger partial charge in [-0.3, -0.25) is 4.99 Å². The number of H-pyrrole nitrogens is 1. The van der Waals surface area contributed by atoms with Crippen molar-refractivity contribution >= 4 is 50.9 Å². The number of halogens is 1. The molecule has 2 rings (SSSR count). The molecule has 0 aliphatic carbocycles. The van der Waals surface area contributed by atoms with Crippen molar-refractivity contribution < 1.29 is 8.42 Å². The average molecular weight is 521 g/mol. The van der Waals surface area contributed by atoms with Crippen LogP contribution in [0.4, 0.5) is 0 Å². The highest BCUT2D eigenvalue weighted by Gasteiger charge is 2.05. The van der Waals surface area contributed by atoms with Crippen molar-refractivity contribution in [1.29, 1.82) is 0 Å². The molecular formula is C19H32IN5O2S. The number of hydrogen-bond acceptors (Lipinski definition) is 3. The quantitative estimate of drug-likeness (QED) is 0.167. The third kappa shape index (κ3) is 7.96. The molecule has 0 spiro atoms. The molecule has 0 saturated carbocycles. The lowest BCUT2D eigenvalue weighted by molar-refractivity contribution is 0.581. The molecule has 0 aliphatic heterocycles. The van der Waals surface area contributed by atoms with Gasteiger partial charge in [0.25, 0.3) is 0 Å². The lowest BCUT2D eigenvalue weighted by atomic mass is 10.1. The van der Waals surface area contributed by atoms with Gasteiger partial charge in [-0.1, -0.05) is 12.1 Å². The van der Waals surface area contributed by atoms with E-state index < -0.39 is 10.0 Å². The van der Waals surface area contributed by atoms with Crippen molar-refractivity contribution in [3.8, 4) is 0 Å². The number of nitrogens with zero attached hydrogens (tertiary/aromatic N) is 1. The maximum absolute atomic E-state index is 11.4. The fourth-order valence-electron chi connectivity index (χ4n) is 2.76. The average Bonchev–Trinajstić information content (AvgIpc) is 3.03. The molecule has 1 heterocycles. The standard InChI is InChI=1S/C19H31N5O2S.HI/c1-4-20-19(21-10-6-11-24-27(25,26)5-2)22-12-9-16-14-23-18-13-15(3)7-8-17(16)18;/h7-8,13-14,23-24H,4-6,9-12H2,1-3H3,(H2,20,21,22);1H. The molecule has 1 aromatic heterocycles. The van der Waals surface area contributed by atoms with Gasteiger partial charge in [0.1, 0.15) is 0 Å². The number of aromatic amines is 1. The normalized spacial score (nSPS) is 12.0. The molecule has 28 heavy (non-hydrogen) atoms. The number of aromatic nitrogens is 1. The number of rotatable bonds is 10. The molecule has 4 N–H and O–H groups in total. The number of guanidine groups is 1. The van der Waals surface area contributed by atoms with Gasteiger partial charge in [0, 0.05) is 43.3 Å². The van der Waals surface area contributed by atoms with Gasteiger partial charge >= 0.3 is 0 Å². The number of aryl methyl sites for hydroxylation is 1. The monoisotopic (exact) mass is 521 g/mol. The highest BCUT2D eigenvalue weighted by atomic mass is 127. The second-order valence-corrected chi connectivity index (χ2v) is 8.55. The van der Waals surface area contributed by atoms with Crippen LogP contribution in [0.25, 0.3) is 10.9 Å². The zero-order valence-corrected chi connectivity index (χ0v) is 20.0. The highest BCUT2D eigenvalue weighted by molar-refractivity contribution is 14.0. The molecule has 0 atom stereocenters. The first-order valence-electron chi connectivity index (χ1n) is 9.51. The Bertz CT molecular complexity index is 864. The highest BCUT2D eigenvalue weighted by Crippen LogP contribution is 2.19. The summed E-state index contributed by atoms with van der Waals surface area (Å²) in [5, 5.41) is 7.81. The molecule has 0 radical (unpaired) electrons. The zero-order chi connectivity index (χ0) is 19.7. The first kappa shape index (κ1) is 24.7. The maximum atomic E-state index is 11.4. The van der Waals surface area contributed by atoms with Crippen molar-refractivity contribution in [2.75, 3.05) is 31.9 Å². The van der Waals surface area contributed by atoms with Crippen LogP contribution in [-0.2, 0) is 16.4 Å². The number of sulfonamides is 1. The molecule has 9 heteroatoms. The van der Waals surface area contributed by atoms with E-state index in [0.717, 1.165) is 25.5 Å². The van der Waals surface area contributed by atoms with Crippen LogP contribution in [0.5, 0.6) is 0 Å². The first-order valence-corrected chi connectivity index (χ1v) is 11.2. The fraction of sp³-hybridized carbons (Fsp3) is 0.526. The summed E-state index contributed by atoms with van der Waals surface area (Å²) >= 11 is 0. The molecule has 1 aromatic carbocycles. The first-order chi connectivity index (χ1) is 12.9. The largest absolute Gasteiger partial charge is 0.361 e. The zero-order valence-electron chi connectivity index (χ0n) is 16.8. The summed E-state index contributed by atoms with van der Waals surface area (Å²) in [5.74, 6) is 0.861. The minimum Gasteiger partial charge on any atom is -0.361 e. The van der Waals surface area contributed by atoms with Crippen molar-refractivity contribution in [3.05, 3.63) is 35.5 Å². The van der Waals surface area contributed by atoms with Crippen molar-refractivity contribution in [3.63, 3.8) is 0 Å². The number of fused-ring (bicyclic) bond motifs is 1. The Balaban J connectivity index is 0.00000392. The van der Waals surface area contributed by atoms with Crippen LogP contribution < -0.4 is 15.4 Å². The van der Waals surface area contributed by atoms with Gasteiger partial charge in [-0.2, -0.15) is 0 Å². The van der Waals surface area contributed by atoms with Gasteiger partial charge in [-0.05, 0) is 50.8 Å². The number of hydrogen-bond donors (Lipinski definition) is 4. The second-order valence-electron chi connectivity index (χ2n) is 6.45. The molecule has 0 bridgehead atoms. The molecule has 0 fully saturated rings. The van der Waals surface area contributed by atoms with Crippen LogP contribution in [0.3, 0.4) is 0 Å². The maximum Gasteiger partial charge on any atom is 0.211 e. The van der Waals surface area contributed by atoms with E-state index in [1.807, 2.05) is 6.92 Å².